The van der Waals surface area contributed by atoms with Crippen LogP contribution in [0.5, 0.6) is 5.75 Å². The summed E-state index contributed by atoms with van der Waals surface area (Å²) >= 11 is 0. The van der Waals surface area contributed by atoms with Crippen LogP contribution in [-0.2, 0) is 0 Å². The van der Waals surface area contributed by atoms with Gasteiger partial charge in [0.05, 0.1) is 12.7 Å². The molecule has 0 N–H and O–H groups in total. The Morgan fingerprint density at radius 1 is 1.00 bits per heavy atom. The first-order chi connectivity index (χ1) is 9.81. The van der Waals surface area contributed by atoms with E-state index in [0.29, 0.717) is 17.0 Å². The van der Waals surface area contributed by atoms with E-state index in [1.54, 1.807) is 25.4 Å². The second-order valence-corrected chi connectivity index (χ2v) is 4.41. The number of nitrogens with zero attached hydrogens (tertiary/aromatic N) is 1. The molecule has 0 amide bonds. The number of ketones is 1. The number of carbonyl (C=O) groups excluding carboxylic acids is 1. The van der Waals surface area contributed by atoms with Crippen molar-refractivity contribution >= 4 is 16.6 Å². The van der Waals surface area contributed by atoms with Crippen molar-refractivity contribution in [1.82, 2.24) is 4.98 Å². The molecule has 0 radical (unpaired) electrons. The quantitative estimate of drug-likeness (QED) is 0.679. The summed E-state index contributed by atoms with van der Waals surface area (Å²) in [6.45, 7) is 0. The maximum absolute atomic E-state index is 12.7. The van der Waals surface area contributed by atoms with Gasteiger partial charge in [-0.15, -0.1) is 0 Å². The maximum atomic E-state index is 12.7. The van der Waals surface area contributed by atoms with Gasteiger partial charge in [0.25, 0.3) is 0 Å². The molecule has 0 bridgehead atoms. The minimum Gasteiger partial charge on any atom is -0.496 e. The second kappa shape index (κ2) is 5.13. The lowest BCUT2D eigenvalue weighted by atomic mass is 10.0. The van der Waals surface area contributed by atoms with E-state index < -0.39 is 0 Å². The molecular formula is C17H13NO2. The lowest BCUT2D eigenvalue weighted by molar-refractivity contribution is 0.103. The van der Waals surface area contributed by atoms with Gasteiger partial charge in [0.2, 0.25) is 5.78 Å². The van der Waals surface area contributed by atoms with Crippen LogP contribution in [0.25, 0.3) is 10.8 Å². The Hall–Kier alpha value is -2.68. The third-order valence-electron chi connectivity index (χ3n) is 3.24. The molecule has 98 valence electrons. The van der Waals surface area contributed by atoms with Crippen LogP contribution in [0.2, 0.25) is 0 Å². The number of hydrogen-bond acceptors (Lipinski definition) is 3. The average molecular weight is 263 g/mol. The summed E-state index contributed by atoms with van der Waals surface area (Å²) in [5.74, 6) is 0.437. The Balaban J connectivity index is 2.18. The van der Waals surface area contributed by atoms with E-state index in [1.165, 1.54) is 0 Å². The summed E-state index contributed by atoms with van der Waals surface area (Å²) < 4.78 is 5.25. The average Bonchev–Trinajstić information content (AvgIpc) is 2.53. The minimum atomic E-state index is -0.126. The van der Waals surface area contributed by atoms with Crippen LogP contribution in [-0.4, -0.2) is 17.9 Å². The smallest absolute Gasteiger partial charge is 0.215 e. The van der Waals surface area contributed by atoms with Gasteiger partial charge in [-0.05, 0) is 23.6 Å². The van der Waals surface area contributed by atoms with E-state index in [2.05, 4.69) is 4.98 Å². The topological polar surface area (TPSA) is 39.2 Å². The summed E-state index contributed by atoms with van der Waals surface area (Å²) in [4.78, 5) is 17.0. The van der Waals surface area contributed by atoms with Gasteiger partial charge in [-0.2, -0.15) is 0 Å². The van der Waals surface area contributed by atoms with Crippen molar-refractivity contribution in [1.29, 1.82) is 0 Å². The maximum Gasteiger partial charge on any atom is 0.215 e. The van der Waals surface area contributed by atoms with Crippen molar-refractivity contribution < 1.29 is 9.53 Å². The van der Waals surface area contributed by atoms with Crippen LogP contribution < -0.4 is 4.74 Å². The lowest BCUT2D eigenvalue weighted by Gasteiger charge is -2.08. The third kappa shape index (κ3) is 2.03. The molecule has 0 fully saturated rings. The van der Waals surface area contributed by atoms with Crippen molar-refractivity contribution in [2.24, 2.45) is 0 Å². The molecular weight excluding hydrogens is 250 g/mol. The molecule has 0 aliphatic carbocycles. The van der Waals surface area contributed by atoms with Crippen LogP contribution in [0.3, 0.4) is 0 Å². The van der Waals surface area contributed by atoms with Crippen LogP contribution in [0.4, 0.5) is 0 Å². The van der Waals surface area contributed by atoms with Gasteiger partial charge in [-0.25, -0.2) is 0 Å². The monoisotopic (exact) mass is 263 g/mol. The number of pyridine rings is 1. The molecule has 0 saturated carbocycles. The molecule has 2 aromatic carbocycles. The number of benzene rings is 2. The molecule has 0 spiro atoms. The normalized spacial score (nSPS) is 10.4. The van der Waals surface area contributed by atoms with Gasteiger partial charge in [0.1, 0.15) is 11.4 Å². The number of para-hydroxylation sites is 1. The zero-order valence-corrected chi connectivity index (χ0v) is 11.0. The molecule has 0 aliphatic rings. The largest absolute Gasteiger partial charge is 0.496 e. The van der Waals surface area contributed by atoms with Crippen molar-refractivity contribution in [2.45, 2.75) is 0 Å². The molecule has 0 saturated heterocycles. The van der Waals surface area contributed by atoms with Crippen LogP contribution in [0, 0.1) is 0 Å². The second-order valence-electron chi connectivity index (χ2n) is 4.41. The highest BCUT2D eigenvalue weighted by Crippen LogP contribution is 2.24. The first kappa shape index (κ1) is 12.4. The highest BCUT2D eigenvalue weighted by Gasteiger charge is 2.17. The highest BCUT2D eigenvalue weighted by atomic mass is 16.5. The molecule has 0 atom stereocenters. The van der Waals surface area contributed by atoms with Gasteiger partial charge in [-0.3, -0.25) is 9.78 Å². The van der Waals surface area contributed by atoms with Crippen molar-refractivity contribution in [2.75, 3.05) is 7.11 Å². The molecule has 0 aliphatic heterocycles. The summed E-state index contributed by atoms with van der Waals surface area (Å²) in [6, 6.07) is 16.8. The van der Waals surface area contributed by atoms with Crippen molar-refractivity contribution in [3.05, 3.63) is 72.1 Å². The van der Waals surface area contributed by atoms with E-state index in [9.17, 15) is 4.79 Å². The molecule has 1 aromatic heterocycles. The Bertz CT molecular complexity index is 775. The highest BCUT2D eigenvalue weighted by molar-refractivity contribution is 6.16. The Morgan fingerprint density at radius 2 is 1.75 bits per heavy atom. The summed E-state index contributed by atoms with van der Waals surface area (Å²) in [6.07, 6.45) is 1.66. The lowest BCUT2D eigenvalue weighted by Crippen LogP contribution is -2.06. The third-order valence-corrected chi connectivity index (χ3v) is 3.24. The molecule has 3 rings (SSSR count). The van der Waals surface area contributed by atoms with E-state index in [0.717, 1.165) is 10.8 Å². The van der Waals surface area contributed by atoms with Crippen LogP contribution in [0.1, 0.15) is 16.1 Å². The molecule has 0 unspecified atom stereocenters. The predicted octanol–water partition coefficient (Wildman–Crippen LogP) is 3.47. The van der Waals surface area contributed by atoms with Gasteiger partial charge >= 0.3 is 0 Å². The number of rotatable bonds is 3. The number of fused-ring (bicyclic) bond motifs is 1. The van der Waals surface area contributed by atoms with Crippen LogP contribution in [0.15, 0.2) is 60.8 Å². The van der Waals surface area contributed by atoms with Crippen molar-refractivity contribution in [3.63, 3.8) is 0 Å². The van der Waals surface area contributed by atoms with Gasteiger partial charge in [0.15, 0.2) is 0 Å². The molecule has 3 nitrogen and oxygen atoms in total. The number of aromatic nitrogens is 1. The number of methoxy groups -OCH3 is 1. The fraction of sp³-hybridized carbons (Fsp3) is 0.0588. The SMILES string of the molecule is COc1ccccc1C(=O)c1nccc2ccccc12. The first-order valence-electron chi connectivity index (χ1n) is 6.33. The van der Waals surface area contributed by atoms with Gasteiger partial charge in [-0.1, -0.05) is 36.4 Å². The van der Waals surface area contributed by atoms with Crippen molar-refractivity contribution in [3.8, 4) is 5.75 Å². The number of carbonyl (C=O) groups is 1. The zero-order valence-electron chi connectivity index (χ0n) is 11.0. The minimum absolute atomic E-state index is 0.126. The Morgan fingerprint density at radius 3 is 2.60 bits per heavy atom. The fourth-order valence-corrected chi connectivity index (χ4v) is 2.26. The van der Waals surface area contributed by atoms with E-state index in [-0.39, 0.29) is 5.78 Å². The molecule has 1 heterocycles. The molecule has 3 aromatic rings. The fourth-order valence-electron chi connectivity index (χ4n) is 2.26. The summed E-state index contributed by atoms with van der Waals surface area (Å²) in [5.41, 5.74) is 0.978. The Kier molecular flexibility index (Phi) is 3.17. The molecule has 20 heavy (non-hydrogen) atoms. The standard InChI is InChI=1S/C17H13NO2/c1-20-15-9-5-4-8-14(15)17(19)16-13-7-3-2-6-12(13)10-11-18-16/h2-11H,1H3. The number of hydrogen-bond donors (Lipinski definition) is 0. The van der Waals surface area contributed by atoms with E-state index in [4.69, 9.17) is 4.74 Å². The van der Waals surface area contributed by atoms with Gasteiger partial charge in [0, 0.05) is 11.6 Å². The molecule has 3 heteroatoms. The Labute approximate surface area is 116 Å². The van der Waals surface area contributed by atoms with E-state index >= 15 is 0 Å². The van der Waals surface area contributed by atoms with Crippen LogP contribution >= 0.6 is 0 Å². The predicted molar refractivity (Wildman–Crippen MR) is 78.2 cm³/mol. The summed E-state index contributed by atoms with van der Waals surface area (Å²) in [7, 11) is 1.56. The van der Waals surface area contributed by atoms with E-state index in [1.807, 2.05) is 42.5 Å². The van der Waals surface area contributed by atoms with Gasteiger partial charge < -0.3 is 4.74 Å². The first-order valence-corrected chi connectivity index (χ1v) is 6.33. The zero-order chi connectivity index (χ0) is 13.9. The summed E-state index contributed by atoms with van der Waals surface area (Å²) in [5, 5.41) is 1.85. The number of ether oxygens (including phenoxy) is 1.